The van der Waals surface area contributed by atoms with Crippen LogP contribution in [-0.2, 0) is 11.2 Å². The average Bonchev–Trinajstić information content (AvgIpc) is 3.60. The van der Waals surface area contributed by atoms with Gasteiger partial charge in [-0.2, -0.15) is 0 Å². The number of fused-ring (bicyclic) bond motifs is 3. The van der Waals surface area contributed by atoms with Crippen LogP contribution >= 0.6 is 0 Å². The van der Waals surface area contributed by atoms with Crippen molar-refractivity contribution in [2.24, 2.45) is 0 Å². The number of nitrogens with zero attached hydrogens (tertiary/aromatic N) is 2. The van der Waals surface area contributed by atoms with Gasteiger partial charge in [0.05, 0.1) is 19.3 Å². The fourth-order valence-electron chi connectivity index (χ4n) is 6.23. The number of carbonyl (C=O) groups is 2. The normalized spacial score (nSPS) is 23.9. The van der Waals surface area contributed by atoms with E-state index in [0.717, 1.165) is 32.1 Å². The summed E-state index contributed by atoms with van der Waals surface area (Å²) in [7, 11) is 1.63. The number of piperidine rings is 1. The number of hydrogen-bond donors (Lipinski definition) is 1. The van der Waals surface area contributed by atoms with E-state index in [4.69, 9.17) is 14.2 Å². The molecule has 0 aromatic heterocycles. The number of amides is 3. The maximum absolute atomic E-state index is 13.1. The second kappa shape index (κ2) is 9.56. The Labute approximate surface area is 211 Å². The lowest BCUT2D eigenvalue weighted by Gasteiger charge is -2.37. The van der Waals surface area contributed by atoms with E-state index < -0.39 is 0 Å². The Balaban J connectivity index is 1.08. The smallest absolute Gasteiger partial charge is 0.411 e. The molecular formula is C28H33N3O5. The van der Waals surface area contributed by atoms with Gasteiger partial charge in [0.2, 0.25) is 0 Å². The van der Waals surface area contributed by atoms with Crippen LogP contribution in [0, 0.1) is 0 Å². The topological polar surface area (TPSA) is 80.3 Å². The van der Waals surface area contributed by atoms with Crippen LogP contribution in [0.5, 0.6) is 11.5 Å². The van der Waals surface area contributed by atoms with E-state index in [9.17, 15) is 9.59 Å². The van der Waals surface area contributed by atoms with Gasteiger partial charge in [-0.15, -0.1) is 0 Å². The predicted octanol–water partition coefficient (Wildman–Crippen LogP) is 5.13. The van der Waals surface area contributed by atoms with Crippen molar-refractivity contribution in [1.29, 1.82) is 0 Å². The van der Waals surface area contributed by atoms with Gasteiger partial charge in [-0.25, -0.2) is 9.59 Å². The molecule has 6 rings (SSSR count). The summed E-state index contributed by atoms with van der Waals surface area (Å²) in [5.74, 6) is 1.34. The van der Waals surface area contributed by atoms with E-state index in [0.29, 0.717) is 30.3 Å². The molecule has 2 heterocycles. The zero-order chi connectivity index (χ0) is 24.6. The molecule has 0 radical (unpaired) electrons. The fourth-order valence-corrected chi connectivity index (χ4v) is 6.23. The minimum atomic E-state index is -0.226. The van der Waals surface area contributed by atoms with Crippen LogP contribution in [0.2, 0.25) is 0 Å². The summed E-state index contributed by atoms with van der Waals surface area (Å²) in [6.07, 6.45) is 6.57. The van der Waals surface area contributed by atoms with Gasteiger partial charge in [0, 0.05) is 37.3 Å². The summed E-state index contributed by atoms with van der Waals surface area (Å²) in [5, 5.41) is 3.02. The molecule has 3 fully saturated rings. The molecule has 2 aliphatic carbocycles. The highest BCUT2D eigenvalue weighted by Gasteiger charge is 2.50. The highest BCUT2D eigenvalue weighted by molar-refractivity contribution is 5.89. The zero-order valence-corrected chi connectivity index (χ0v) is 20.7. The molecule has 3 amide bonds. The quantitative estimate of drug-likeness (QED) is 0.627. The Morgan fingerprint density at radius 1 is 1.03 bits per heavy atom. The number of anilines is 1. The first-order valence-electron chi connectivity index (χ1n) is 13.1. The van der Waals surface area contributed by atoms with Crippen molar-refractivity contribution < 1.29 is 23.8 Å². The number of urea groups is 1. The highest BCUT2D eigenvalue weighted by Crippen LogP contribution is 2.44. The van der Waals surface area contributed by atoms with Gasteiger partial charge >= 0.3 is 12.1 Å². The van der Waals surface area contributed by atoms with Gasteiger partial charge in [-0.1, -0.05) is 24.3 Å². The fraction of sp³-hybridized carbons (Fsp3) is 0.500. The lowest BCUT2D eigenvalue weighted by atomic mass is 9.99. The molecule has 4 aliphatic rings. The first-order valence-corrected chi connectivity index (χ1v) is 13.1. The van der Waals surface area contributed by atoms with Crippen molar-refractivity contribution in [2.45, 2.75) is 69.2 Å². The van der Waals surface area contributed by atoms with Crippen molar-refractivity contribution in [2.75, 3.05) is 25.5 Å². The van der Waals surface area contributed by atoms with Crippen LogP contribution in [0.25, 0.3) is 0 Å². The SMILES string of the molecule is COc1ccc(NC(=O)N2CCC(N3C(=O)OC4Cc5ccccc5C43)CC2)cc1OC1CCCC1. The molecule has 8 nitrogen and oxygen atoms in total. The summed E-state index contributed by atoms with van der Waals surface area (Å²) in [6, 6.07) is 13.7. The van der Waals surface area contributed by atoms with Gasteiger partial charge in [-0.3, -0.25) is 4.90 Å². The van der Waals surface area contributed by atoms with Crippen LogP contribution in [0.15, 0.2) is 42.5 Å². The van der Waals surface area contributed by atoms with E-state index in [-0.39, 0.29) is 36.4 Å². The zero-order valence-electron chi connectivity index (χ0n) is 20.7. The van der Waals surface area contributed by atoms with Crippen molar-refractivity contribution >= 4 is 17.8 Å². The number of likely N-dealkylation sites (tertiary alicyclic amines) is 1. The van der Waals surface area contributed by atoms with Crippen molar-refractivity contribution in [3.8, 4) is 11.5 Å². The van der Waals surface area contributed by atoms with Crippen LogP contribution in [0.3, 0.4) is 0 Å². The standard InChI is InChI=1S/C28H33N3O5/c1-34-23-11-10-19(17-24(23)35-21-7-3-4-8-21)29-27(32)30-14-12-20(13-15-30)31-26-22-9-5-2-6-18(22)16-25(26)36-28(31)33/h2,5-6,9-11,17,20-21,25-26H,3-4,7-8,12-16H2,1H3,(H,29,32). The predicted molar refractivity (Wildman–Crippen MR) is 134 cm³/mol. The molecule has 190 valence electrons. The molecule has 2 unspecified atom stereocenters. The highest BCUT2D eigenvalue weighted by atomic mass is 16.6. The Morgan fingerprint density at radius 2 is 1.81 bits per heavy atom. The van der Waals surface area contributed by atoms with E-state index >= 15 is 0 Å². The number of ether oxygens (including phenoxy) is 3. The summed E-state index contributed by atoms with van der Waals surface area (Å²) < 4.78 is 17.4. The number of benzene rings is 2. The maximum Gasteiger partial charge on any atom is 0.411 e. The molecular weight excluding hydrogens is 458 g/mol. The van der Waals surface area contributed by atoms with Crippen LogP contribution < -0.4 is 14.8 Å². The van der Waals surface area contributed by atoms with Crippen LogP contribution in [-0.4, -0.2) is 60.4 Å². The minimum Gasteiger partial charge on any atom is -0.493 e. The first kappa shape index (κ1) is 23.0. The van der Waals surface area contributed by atoms with Gasteiger partial charge in [0.1, 0.15) is 6.10 Å². The van der Waals surface area contributed by atoms with Crippen LogP contribution in [0.4, 0.5) is 15.3 Å². The van der Waals surface area contributed by atoms with Gasteiger partial charge in [-0.05, 0) is 61.8 Å². The summed E-state index contributed by atoms with van der Waals surface area (Å²) >= 11 is 0. The van der Waals surface area contributed by atoms with Crippen molar-refractivity contribution in [3.05, 3.63) is 53.6 Å². The monoisotopic (exact) mass is 491 g/mol. The third-order valence-corrected chi connectivity index (χ3v) is 8.07. The second-order valence-corrected chi connectivity index (χ2v) is 10.2. The van der Waals surface area contributed by atoms with E-state index in [2.05, 4.69) is 17.4 Å². The third-order valence-electron chi connectivity index (χ3n) is 8.07. The minimum absolute atomic E-state index is 0.0170. The molecule has 2 aromatic carbocycles. The summed E-state index contributed by atoms with van der Waals surface area (Å²) in [6.45, 7) is 1.17. The molecule has 2 aromatic rings. The number of hydrogen-bond acceptors (Lipinski definition) is 5. The average molecular weight is 492 g/mol. The maximum atomic E-state index is 13.1. The number of rotatable bonds is 5. The summed E-state index contributed by atoms with van der Waals surface area (Å²) in [4.78, 5) is 29.6. The Bertz CT molecular complexity index is 1140. The second-order valence-electron chi connectivity index (χ2n) is 10.2. The number of carbonyl (C=O) groups excluding carboxylic acids is 2. The van der Waals surface area contributed by atoms with Gasteiger partial charge in [0.25, 0.3) is 0 Å². The largest absolute Gasteiger partial charge is 0.493 e. The number of nitrogens with one attached hydrogen (secondary N) is 1. The van der Waals surface area contributed by atoms with Crippen molar-refractivity contribution in [1.82, 2.24) is 9.80 Å². The Morgan fingerprint density at radius 3 is 2.58 bits per heavy atom. The van der Waals surface area contributed by atoms with Crippen LogP contribution in [0.1, 0.15) is 55.7 Å². The molecule has 0 bridgehead atoms. The lowest BCUT2D eigenvalue weighted by molar-refractivity contribution is 0.113. The molecule has 2 aliphatic heterocycles. The Hall–Kier alpha value is -3.42. The molecule has 36 heavy (non-hydrogen) atoms. The molecule has 2 saturated heterocycles. The van der Waals surface area contributed by atoms with Gasteiger partial charge < -0.3 is 24.4 Å². The molecule has 8 heteroatoms. The molecule has 1 N–H and O–H groups in total. The van der Waals surface area contributed by atoms with E-state index in [1.165, 1.54) is 24.0 Å². The van der Waals surface area contributed by atoms with E-state index in [1.807, 2.05) is 40.1 Å². The third kappa shape index (κ3) is 4.22. The van der Waals surface area contributed by atoms with E-state index in [1.54, 1.807) is 7.11 Å². The number of methoxy groups -OCH3 is 1. The molecule has 1 saturated carbocycles. The first-order chi connectivity index (χ1) is 17.6. The molecule has 0 spiro atoms. The van der Waals surface area contributed by atoms with Gasteiger partial charge in [0.15, 0.2) is 11.5 Å². The van der Waals surface area contributed by atoms with Crippen molar-refractivity contribution in [3.63, 3.8) is 0 Å². The summed E-state index contributed by atoms with van der Waals surface area (Å²) in [5.41, 5.74) is 3.14. The molecule has 2 atom stereocenters. The lowest BCUT2D eigenvalue weighted by Crippen LogP contribution is -2.48. The Kier molecular flexibility index (Phi) is 6.11.